The summed E-state index contributed by atoms with van der Waals surface area (Å²) in [7, 11) is 0. The van der Waals surface area contributed by atoms with Gasteiger partial charge in [-0.25, -0.2) is 9.82 Å². The van der Waals surface area contributed by atoms with Crippen molar-refractivity contribution < 1.29 is 18.0 Å². The number of nitrogens with one attached hydrogen (secondary N) is 2. The number of hydrazine groups is 1. The summed E-state index contributed by atoms with van der Waals surface area (Å²) in [5, 5.41) is 4.82. The maximum atomic E-state index is 13.7. The van der Waals surface area contributed by atoms with Crippen molar-refractivity contribution in [2.75, 3.05) is 19.6 Å². The van der Waals surface area contributed by atoms with Crippen LogP contribution < -0.4 is 10.7 Å². The van der Waals surface area contributed by atoms with Crippen LogP contribution in [0.25, 0.3) is 0 Å². The number of nitrogens with zero attached hydrogens (tertiary/aromatic N) is 2. The van der Waals surface area contributed by atoms with Gasteiger partial charge in [-0.1, -0.05) is 6.58 Å². The van der Waals surface area contributed by atoms with Crippen molar-refractivity contribution in [1.82, 2.24) is 20.7 Å². The van der Waals surface area contributed by atoms with E-state index in [-0.39, 0.29) is 24.0 Å². The highest BCUT2D eigenvalue weighted by Crippen LogP contribution is 2.41. The zero-order chi connectivity index (χ0) is 21.3. The number of hydrogen-bond donors (Lipinski definition) is 2. The minimum Gasteiger partial charge on any atom is -0.339 e. The fraction of sp³-hybridized carbons (Fsp3) is 0.864. The number of amides is 1. The summed E-state index contributed by atoms with van der Waals surface area (Å²) in [6, 6.07) is 0.390. The summed E-state index contributed by atoms with van der Waals surface area (Å²) >= 11 is 0. The van der Waals surface area contributed by atoms with Gasteiger partial charge in [-0.05, 0) is 75.2 Å². The zero-order valence-corrected chi connectivity index (χ0v) is 17.6. The molecule has 3 aliphatic heterocycles. The molecule has 1 saturated carbocycles. The van der Waals surface area contributed by atoms with Crippen molar-refractivity contribution in [3.05, 3.63) is 12.7 Å². The first kappa shape index (κ1) is 22.1. The Morgan fingerprint density at radius 2 is 1.67 bits per heavy atom. The number of halogens is 3. The predicted molar refractivity (Wildman–Crippen MR) is 109 cm³/mol. The molecule has 3 heterocycles. The molecular formula is C22H35F3N4O. The largest absolute Gasteiger partial charge is 0.339 e. The molecule has 3 saturated heterocycles. The Kier molecular flexibility index (Phi) is 7.05. The van der Waals surface area contributed by atoms with Crippen LogP contribution in [-0.4, -0.2) is 66.3 Å². The molecule has 170 valence electrons. The highest BCUT2D eigenvalue weighted by atomic mass is 19.3. The summed E-state index contributed by atoms with van der Waals surface area (Å²) in [5.41, 5.74) is 3.02. The van der Waals surface area contributed by atoms with E-state index in [9.17, 15) is 18.0 Å². The Balaban J connectivity index is 1.44. The minimum atomic E-state index is -2.49. The van der Waals surface area contributed by atoms with Crippen LogP contribution in [0, 0.1) is 17.8 Å². The summed E-state index contributed by atoms with van der Waals surface area (Å²) in [6.45, 7) is 2.93. The van der Waals surface area contributed by atoms with Gasteiger partial charge in [0.1, 0.15) is 6.17 Å². The van der Waals surface area contributed by atoms with E-state index in [1.165, 1.54) is 6.08 Å². The smallest absolute Gasteiger partial charge is 0.306 e. The van der Waals surface area contributed by atoms with E-state index in [0.29, 0.717) is 43.6 Å². The van der Waals surface area contributed by atoms with E-state index in [1.807, 2.05) is 4.90 Å². The van der Waals surface area contributed by atoms with Crippen LogP contribution in [0.3, 0.4) is 0 Å². The Morgan fingerprint density at radius 3 is 2.33 bits per heavy atom. The molecule has 0 bridgehead atoms. The van der Waals surface area contributed by atoms with Crippen molar-refractivity contribution in [2.45, 2.75) is 82.2 Å². The van der Waals surface area contributed by atoms with Gasteiger partial charge in [-0.3, -0.25) is 4.79 Å². The van der Waals surface area contributed by atoms with Gasteiger partial charge >= 0.3 is 6.55 Å². The Bertz CT molecular complexity index is 613. The van der Waals surface area contributed by atoms with Gasteiger partial charge in [0.2, 0.25) is 5.91 Å². The SMILES string of the molecule is C=CC(=O)N1CCC(C2CC(C3CCC(F)CC3)CC(C3CCN(C(F)F)N3)N2)C1. The van der Waals surface area contributed by atoms with Crippen LogP contribution in [0.1, 0.15) is 51.4 Å². The van der Waals surface area contributed by atoms with Gasteiger partial charge in [0.15, 0.2) is 0 Å². The first-order chi connectivity index (χ1) is 14.4. The molecule has 5 nitrogen and oxygen atoms in total. The molecule has 1 aliphatic carbocycles. The molecule has 30 heavy (non-hydrogen) atoms. The maximum absolute atomic E-state index is 13.7. The standard InChI is InChI=1S/C22H35F3N4O/c1-2-21(30)28-9-7-15(13-28)19-11-16(14-3-5-17(23)6-4-14)12-20(26-19)18-8-10-29(27-18)22(24)25/h2,14-20,22,26-27H,1,3-13H2. The maximum Gasteiger partial charge on any atom is 0.306 e. The molecular weight excluding hydrogens is 393 g/mol. The fourth-order valence-electron chi connectivity index (χ4n) is 6.21. The van der Waals surface area contributed by atoms with Gasteiger partial charge in [0, 0.05) is 37.8 Å². The number of carbonyl (C=O) groups is 1. The summed E-state index contributed by atoms with van der Waals surface area (Å²) in [6.07, 6.45) is 7.50. The zero-order valence-electron chi connectivity index (χ0n) is 17.6. The lowest BCUT2D eigenvalue weighted by Gasteiger charge is -2.45. The van der Waals surface area contributed by atoms with Crippen LogP contribution in [0.4, 0.5) is 13.2 Å². The third kappa shape index (κ3) is 4.86. The second kappa shape index (κ2) is 9.57. The molecule has 0 radical (unpaired) electrons. The van der Waals surface area contributed by atoms with Crippen LogP contribution >= 0.6 is 0 Å². The molecule has 0 aromatic rings. The highest BCUT2D eigenvalue weighted by molar-refractivity contribution is 5.87. The Labute approximate surface area is 177 Å². The van der Waals surface area contributed by atoms with Gasteiger partial charge in [-0.2, -0.15) is 13.8 Å². The van der Waals surface area contributed by atoms with E-state index in [1.54, 1.807) is 0 Å². The predicted octanol–water partition coefficient (Wildman–Crippen LogP) is 3.09. The van der Waals surface area contributed by atoms with Crippen LogP contribution in [0.5, 0.6) is 0 Å². The molecule has 5 atom stereocenters. The van der Waals surface area contributed by atoms with Gasteiger partial charge in [0.05, 0.1) is 0 Å². The molecule has 0 spiro atoms. The molecule has 0 aromatic carbocycles. The summed E-state index contributed by atoms with van der Waals surface area (Å²) in [5.74, 6) is 1.35. The number of carbonyl (C=O) groups excluding carboxylic acids is 1. The number of alkyl halides is 3. The van der Waals surface area contributed by atoms with E-state index in [0.717, 1.165) is 50.2 Å². The first-order valence-electron chi connectivity index (χ1n) is 11.6. The van der Waals surface area contributed by atoms with E-state index in [2.05, 4.69) is 17.3 Å². The third-order valence-corrected chi connectivity index (χ3v) is 7.92. The van der Waals surface area contributed by atoms with E-state index in [4.69, 9.17) is 0 Å². The van der Waals surface area contributed by atoms with Crippen LogP contribution in [0.2, 0.25) is 0 Å². The average Bonchev–Trinajstić information content (AvgIpc) is 3.43. The fourth-order valence-corrected chi connectivity index (χ4v) is 6.21. The second-order valence-corrected chi connectivity index (χ2v) is 9.66. The van der Waals surface area contributed by atoms with Crippen molar-refractivity contribution >= 4 is 5.91 Å². The first-order valence-corrected chi connectivity index (χ1v) is 11.6. The lowest BCUT2D eigenvalue weighted by Crippen LogP contribution is -2.58. The lowest BCUT2D eigenvalue weighted by atomic mass is 9.70. The quantitative estimate of drug-likeness (QED) is 0.522. The normalized spacial score (nSPS) is 40.8. The van der Waals surface area contributed by atoms with Gasteiger partial charge in [0.25, 0.3) is 0 Å². The van der Waals surface area contributed by atoms with Gasteiger partial charge in [-0.15, -0.1) is 0 Å². The molecule has 4 fully saturated rings. The number of piperidine rings is 1. The summed E-state index contributed by atoms with van der Waals surface area (Å²) in [4.78, 5) is 13.9. The van der Waals surface area contributed by atoms with Crippen LogP contribution in [-0.2, 0) is 4.79 Å². The van der Waals surface area contributed by atoms with E-state index < -0.39 is 12.7 Å². The Hall–Kier alpha value is -1.12. The van der Waals surface area contributed by atoms with Crippen LogP contribution in [0.15, 0.2) is 12.7 Å². The van der Waals surface area contributed by atoms with Crippen molar-refractivity contribution in [3.63, 3.8) is 0 Å². The Morgan fingerprint density at radius 1 is 0.933 bits per heavy atom. The number of rotatable bonds is 5. The molecule has 4 rings (SSSR count). The topological polar surface area (TPSA) is 47.6 Å². The van der Waals surface area contributed by atoms with Crippen molar-refractivity contribution in [2.24, 2.45) is 17.8 Å². The molecule has 1 amide bonds. The lowest BCUT2D eigenvalue weighted by molar-refractivity contribution is -0.125. The third-order valence-electron chi connectivity index (χ3n) is 7.92. The van der Waals surface area contributed by atoms with E-state index >= 15 is 0 Å². The monoisotopic (exact) mass is 428 g/mol. The average molecular weight is 429 g/mol. The number of hydrogen-bond acceptors (Lipinski definition) is 4. The number of likely N-dealkylation sites (tertiary alicyclic amines) is 1. The van der Waals surface area contributed by atoms with Crippen molar-refractivity contribution in [3.8, 4) is 0 Å². The second-order valence-electron chi connectivity index (χ2n) is 9.66. The van der Waals surface area contributed by atoms with Crippen molar-refractivity contribution in [1.29, 1.82) is 0 Å². The minimum absolute atomic E-state index is 0.00544. The highest BCUT2D eigenvalue weighted by Gasteiger charge is 2.43. The molecule has 2 N–H and O–H groups in total. The molecule has 4 aliphatic rings. The summed E-state index contributed by atoms with van der Waals surface area (Å²) < 4.78 is 39.9. The molecule has 5 unspecified atom stereocenters. The van der Waals surface area contributed by atoms with Gasteiger partial charge < -0.3 is 10.2 Å². The molecule has 0 aromatic heterocycles. The molecule has 8 heteroatoms.